The maximum Gasteiger partial charge on any atom is 0.238 e. The Morgan fingerprint density at radius 3 is 2.37 bits per heavy atom. The van der Waals surface area contributed by atoms with Crippen LogP contribution in [0.5, 0.6) is 5.75 Å². The number of primary sulfonamides is 1. The Labute approximate surface area is 176 Å². The fraction of sp³-hybridized carbons (Fsp3) is 0.174. The third-order valence-electron chi connectivity index (χ3n) is 5.29. The van der Waals surface area contributed by atoms with Gasteiger partial charge in [0.25, 0.3) is 0 Å². The van der Waals surface area contributed by atoms with E-state index >= 15 is 0 Å². The van der Waals surface area contributed by atoms with Crippen LogP contribution in [0.1, 0.15) is 36.1 Å². The Balaban J connectivity index is 1.74. The number of sulfonamides is 1. The number of hydrogen-bond acceptors (Lipinski definition) is 5. The van der Waals surface area contributed by atoms with Gasteiger partial charge in [-0.3, -0.25) is 5.01 Å². The molecule has 1 aliphatic heterocycles. The molecular weight excluding hydrogens is 398 g/mol. The molecule has 4 rings (SSSR count). The number of benzene rings is 3. The Morgan fingerprint density at radius 1 is 1.07 bits per heavy atom. The minimum atomic E-state index is -3.76. The number of hydrazone groups is 1. The highest BCUT2D eigenvalue weighted by molar-refractivity contribution is 7.89. The van der Waals surface area contributed by atoms with Gasteiger partial charge in [-0.05, 0) is 53.9 Å². The Kier molecular flexibility index (Phi) is 5.32. The molecule has 0 radical (unpaired) electrons. The molecule has 0 bridgehead atoms. The number of rotatable bonds is 5. The van der Waals surface area contributed by atoms with E-state index in [1.54, 1.807) is 30.3 Å². The second-order valence-electron chi connectivity index (χ2n) is 7.30. The van der Waals surface area contributed by atoms with Crippen molar-refractivity contribution in [2.75, 3.05) is 5.01 Å². The summed E-state index contributed by atoms with van der Waals surface area (Å²) in [6, 6.07) is 21.8. The molecule has 3 aromatic carbocycles. The quantitative estimate of drug-likeness (QED) is 0.652. The fourth-order valence-corrected chi connectivity index (χ4v) is 4.15. The second kappa shape index (κ2) is 7.93. The molecule has 3 aromatic rings. The summed E-state index contributed by atoms with van der Waals surface area (Å²) in [6.45, 7) is 2.12. The molecule has 1 atom stereocenters. The van der Waals surface area contributed by atoms with Crippen LogP contribution in [-0.2, 0) is 16.4 Å². The molecule has 0 saturated carbocycles. The molecule has 1 unspecified atom stereocenters. The minimum absolute atomic E-state index is 0.0476. The Morgan fingerprint density at radius 2 is 1.77 bits per heavy atom. The van der Waals surface area contributed by atoms with Crippen LogP contribution >= 0.6 is 0 Å². The van der Waals surface area contributed by atoms with E-state index in [4.69, 9.17) is 10.2 Å². The van der Waals surface area contributed by atoms with Gasteiger partial charge in [0.15, 0.2) is 0 Å². The molecule has 0 aliphatic carbocycles. The molecule has 0 aromatic heterocycles. The van der Waals surface area contributed by atoms with Crippen LogP contribution in [0.15, 0.2) is 82.8 Å². The first-order valence-corrected chi connectivity index (χ1v) is 11.3. The molecule has 30 heavy (non-hydrogen) atoms. The monoisotopic (exact) mass is 421 g/mol. The van der Waals surface area contributed by atoms with Crippen LogP contribution in [0.2, 0.25) is 0 Å². The number of phenols is 1. The first-order chi connectivity index (χ1) is 14.3. The summed E-state index contributed by atoms with van der Waals surface area (Å²) in [7, 11) is -3.76. The highest BCUT2D eigenvalue weighted by atomic mass is 32.2. The van der Waals surface area contributed by atoms with Crippen molar-refractivity contribution in [3.05, 3.63) is 89.5 Å². The number of aryl methyl sites for hydroxylation is 1. The molecule has 1 heterocycles. The van der Waals surface area contributed by atoms with E-state index in [0.29, 0.717) is 6.42 Å². The molecule has 0 fully saturated rings. The van der Waals surface area contributed by atoms with E-state index in [1.807, 2.05) is 11.1 Å². The normalized spacial score (nSPS) is 16.5. The van der Waals surface area contributed by atoms with Crippen molar-refractivity contribution in [2.45, 2.75) is 30.7 Å². The predicted octanol–water partition coefficient (Wildman–Crippen LogP) is 3.96. The summed E-state index contributed by atoms with van der Waals surface area (Å²) in [5, 5.41) is 21.8. The number of aromatic hydroxyl groups is 1. The van der Waals surface area contributed by atoms with Crippen LogP contribution in [0.25, 0.3) is 0 Å². The summed E-state index contributed by atoms with van der Waals surface area (Å²) < 4.78 is 23.2. The first kappa shape index (κ1) is 20.1. The zero-order chi connectivity index (χ0) is 21.3. The SMILES string of the molecule is CCc1ccc(C2CC(c3cccc(O)c3)=NN2c2ccc(S(N)(=O)=O)cc2)cc1. The van der Waals surface area contributed by atoms with Gasteiger partial charge in [-0.15, -0.1) is 0 Å². The van der Waals surface area contributed by atoms with Gasteiger partial charge >= 0.3 is 0 Å². The smallest absolute Gasteiger partial charge is 0.238 e. The van der Waals surface area contributed by atoms with Crippen LogP contribution < -0.4 is 10.1 Å². The summed E-state index contributed by atoms with van der Waals surface area (Å²) in [5.74, 6) is 0.190. The maximum absolute atomic E-state index is 11.6. The summed E-state index contributed by atoms with van der Waals surface area (Å²) in [4.78, 5) is 0.0616. The van der Waals surface area contributed by atoms with E-state index < -0.39 is 10.0 Å². The molecule has 0 spiro atoms. The molecule has 0 amide bonds. The van der Waals surface area contributed by atoms with Crippen LogP contribution in [0.4, 0.5) is 5.69 Å². The van der Waals surface area contributed by atoms with Gasteiger partial charge in [0.05, 0.1) is 22.3 Å². The minimum Gasteiger partial charge on any atom is -0.508 e. The van der Waals surface area contributed by atoms with Gasteiger partial charge in [-0.25, -0.2) is 13.6 Å². The van der Waals surface area contributed by atoms with Gasteiger partial charge in [-0.2, -0.15) is 5.10 Å². The zero-order valence-corrected chi connectivity index (χ0v) is 17.4. The third-order valence-corrected chi connectivity index (χ3v) is 6.22. The largest absolute Gasteiger partial charge is 0.508 e. The van der Waals surface area contributed by atoms with Crippen molar-refractivity contribution in [3.8, 4) is 5.75 Å². The summed E-state index contributed by atoms with van der Waals surface area (Å²) in [5.41, 5.74) is 4.85. The first-order valence-electron chi connectivity index (χ1n) is 9.73. The van der Waals surface area contributed by atoms with E-state index in [-0.39, 0.29) is 16.7 Å². The van der Waals surface area contributed by atoms with Crippen molar-refractivity contribution < 1.29 is 13.5 Å². The molecule has 6 nitrogen and oxygen atoms in total. The lowest BCUT2D eigenvalue weighted by molar-refractivity contribution is 0.475. The zero-order valence-electron chi connectivity index (χ0n) is 16.6. The maximum atomic E-state index is 11.6. The van der Waals surface area contributed by atoms with Crippen LogP contribution in [0, 0.1) is 0 Å². The van der Waals surface area contributed by atoms with Crippen molar-refractivity contribution in [2.24, 2.45) is 10.2 Å². The third kappa shape index (κ3) is 4.08. The predicted molar refractivity (Wildman–Crippen MR) is 118 cm³/mol. The van der Waals surface area contributed by atoms with Crippen LogP contribution in [-0.4, -0.2) is 19.2 Å². The van der Waals surface area contributed by atoms with Crippen molar-refractivity contribution >= 4 is 21.4 Å². The second-order valence-corrected chi connectivity index (χ2v) is 8.86. The summed E-state index contributed by atoms with van der Waals surface area (Å²) >= 11 is 0. The highest BCUT2D eigenvalue weighted by Crippen LogP contribution is 2.37. The average Bonchev–Trinajstić information content (AvgIpc) is 3.19. The number of anilines is 1. The average molecular weight is 422 g/mol. The summed E-state index contributed by atoms with van der Waals surface area (Å²) in [6.07, 6.45) is 1.63. The number of nitrogens with two attached hydrogens (primary N) is 1. The van der Waals surface area contributed by atoms with E-state index in [2.05, 4.69) is 31.2 Å². The van der Waals surface area contributed by atoms with Gasteiger partial charge in [-0.1, -0.05) is 43.3 Å². The van der Waals surface area contributed by atoms with Crippen molar-refractivity contribution in [1.29, 1.82) is 0 Å². The lowest BCUT2D eigenvalue weighted by atomic mass is 9.97. The van der Waals surface area contributed by atoms with E-state index in [0.717, 1.165) is 28.9 Å². The molecule has 0 saturated heterocycles. The lowest BCUT2D eigenvalue weighted by Gasteiger charge is -2.24. The van der Waals surface area contributed by atoms with Crippen LogP contribution in [0.3, 0.4) is 0 Å². The number of phenolic OH excluding ortho intramolecular Hbond substituents is 1. The Bertz CT molecular complexity index is 1190. The topological polar surface area (TPSA) is 96.0 Å². The highest BCUT2D eigenvalue weighted by Gasteiger charge is 2.30. The van der Waals surface area contributed by atoms with Crippen molar-refractivity contribution in [3.63, 3.8) is 0 Å². The van der Waals surface area contributed by atoms with E-state index in [1.165, 1.54) is 17.7 Å². The fourth-order valence-electron chi connectivity index (χ4n) is 3.63. The number of nitrogens with zero attached hydrogens (tertiary/aromatic N) is 2. The standard InChI is InChI=1S/C23H23N3O3S/c1-2-16-6-8-17(9-7-16)23-15-22(18-4-3-5-20(27)14-18)25-26(23)19-10-12-21(13-11-19)30(24,28)29/h3-14,23,27H,2,15H2,1H3,(H2,24,28,29). The molecule has 1 aliphatic rings. The van der Waals surface area contributed by atoms with Crippen molar-refractivity contribution in [1.82, 2.24) is 0 Å². The van der Waals surface area contributed by atoms with Gasteiger partial charge in [0, 0.05) is 12.0 Å². The Hall–Kier alpha value is -3.16. The number of hydrogen-bond donors (Lipinski definition) is 2. The van der Waals surface area contributed by atoms with Gasteiger partial charge in [0.1, 0.15) is 5.75 Å². The van der Waals surface area contributed by atoms with E-state index in [9.17, 15) is 13.5 Å². The lowest BCUT2D eigenvalue weighted by Crippen LogP contribution is -2.19. The molecule has 7 heteroatoms. The van der Waals surface area contributed by atoms with Gasteiger partial charge < -0.3 is 5.11 Å². The molecular formula is C23H23N3O3S. The molecule has 3 N–H and O–H groups in total. The van der Waals surface area contributed by atoms with Gasteiger partial charge in [0.2, 0.25) is 10.0 Å². The molecule has 154 valence electrons.